The lowest BCUT2D eigenvalue weighted by Crippen LogP contribution is -2.45. The van der Waals surface area contributed by atoms with Gasteiger partial charge in [-0.3, -0.25) is 4.79 Å². The standard InChI is InChI=1S/C33H33F7N2O2/c1-44-29-4-2-3-24(18-29)31(30(43)41-20-21-15-25(32(35,36)37)17-26(16-21)33(38,39)40)12-9-28(19-31)42-13-10-23(11-14-42)22-5-7-27(34)8-6-22/h2-8,15-18,23,28H,9-14,19-20H2,1H3,(H,41,43). The summed E-state index contributed by atoms with van der Waals surface area (Å²) in [5.74, 6) is 0.0956. The molecular weight excluding hydrogens is 589 g/mol. The first-order valence-corrected chi connectivity index (χ1v) is 14.5. The summed E-state index contributed by atoms with van der Waals surface area (Å²) >= 11 is 0. The number of alkyl halides is 6. The number of carbonyl (C=O) groups is 1. The van der Waals surface area contributed by atoms with Gasteiger partial charge in [0.15, 0.2) is 0 Å². The van der Waals surface area contributed by atoms with Gasteiger partial charge in [-0.2, -0.15) is 26.3 Å². The van der Waals surface area contributed by atoms with Crippen LogP contribution in [0.3, 0.4) is 0 Å². The number of ether oxygens (including phenoxy) is 1. The molecule has 44 heavy (non-hydrogen) atoms. The Labute approximate surface area is 251 Å². The quantitative estimate of drug-likeness (QED) is 0.273. The topological polar surface area (TPSA) is 41.6 Å². The third kappa shape index (κ3) is 6.87. The summed E-state index contributed by atoms with van der Waals surface area (Å²) in [5, 5.41) is 2.67. The van der Waals surface area contributed by atoms with E-state index in [1.807, 2.05) is 12.1 Å². The molecule has 1 aliphatic carbocycles. The first kappa shape index (κ1) is 31.8. The molecule has 11 heteroatoms. The summed E-state index contributed by atoms with van der Waals surface area (Å²) in [4.78, 5) is 16.3. The van der Waals surface area contributed by atoms with Gasteiger partial charge in [0.25, 0.3) is 0 Å². The second-order valence-corrected chi connectivity index (χ2v) is 11.7. The summed E-state index contributed by atoms with van der Waals surface area (Å²) in [5.41, 5.74) is -2.43. The molecule has 5 rings (SSSR count). The van der Waals surface area contributed by atoms with Crippen molar-refractivity contribution >= 4 is 5.91 Å². The minimum atomic E-state index is -4.98. The van der Waals surface area contributed by atoms with Crippen LogP contribution in [0, 0.1) is 5.82 Å². The van der Waals surface area contributed by atoms with Crippen LogP contribution < -0.4 is 10.1 Å². The molecule has 2 aliphatic rings. The Bertz CT molecular complexity index is 1430. The van der Waals surface area contributed by atoms with Gasteiger partial charge in [0.05, 0.1) is 23.7 Å². The fourth-order valence-corrected chi connectivity index (χ4v) is 6.66. The lowest BCUT2D eigenvalue weighted by atomic mass is 9.77. The molecule has 0 spiro atoms. The molecule has 1 amide bonds. The number of nitrogens with zero attached hydrogens (tertiary/aromatic N) is 1. The van der Waals surface area contributed by atoms with Crippen molar-refractivity contribution in [3.63, 3.8) is 0 Å². The van der Waals surface area contributed by atoms with Crippen LogP contribution in [0.25, 0.3) is 0 Å². The van der Waals surface area contributed by atoms with Crippen LogP contribution in [0.1, 0.15) is 65.8 Å². The molecule has 4 nitrogen and oxygen atoms in total. The first-order valence-electron chi connectivity index (χ1n) is 14.5. The van der Waals surface area contributed by atoms with Crippen LogP contribution in [-0.2, 0) is 29.1 Å². The number of piperidine rings is 1. The van der Waals surface area contributed by atoms with Crippen molar-refractivity contribution < 1.29 is 40.3 Å². The molecule has 1 heterocycles. The number of amides is 1. The Kier molecular flexibility index (Phi) is 8.98. The van der Waals surface area contributed by atoms with Crippen molar-refractivity contribution in [2.75, 3.05) is 20.2 Å². The molecule has 2 atom stereocenters. The summed E-state index contributed by atoms with van der Waals surface area (Å²) < 4.78 is 99.2. The van der Waals surface area contributed by atoms with Crippen molar-refractivity contribution in [1.82, 2.24) is 10.2 Å². The minimum absolute atomic E-state index is 0.0477. The van der Waals surface area contributed by atoms with Crippen LogP contribution in [0.4, 0.5) is 30.7 Å². The van der Waals surface area contributed by atoms with Gasteiger partial charge in [0.1, 0.15) is 11.6 Å². The van der Waals surface area contributed by atoms with Crippen LogP contribution in [0.2, 0.25) is 0 Å². The van der Waals surface area contributed by atoms with Gasteiger partial charge in [0, 0.05) is 12.6 Å². The van der Waals surface area contributed by atoms with E-state index in [0.29, 0.717) is 48.6 Å². The smallest absolute Gasteiger partial charge is 0.416 e. The number of likely N-dealkylation sites (tertiary alicyclic amines) is 1. The van der Waals surface area contributed by atoms with E-state index < -0.39 is 41.3 Å². The second kappa shape index (κ2) is 12.4. The SMILES string of the molecule is COc1cccc(C2(C(=O)NCc3cc(C(F)(F)F)cc(C(F)(F)F)c3)CCC(N3CCC(c4ccc(F)cc4)CC3)C2)c1. The predicted octanol–water partition coefficient (Wildman–Crippen LogP) is 7.86. The van der Waals surface area contributed by atoms with E-state index in [1.165, 1.54) is 19.2 Å². The van der Waals surface area contributed by atoms with Crippen LogP contribution in [-0.4, -0.2) is 37.0 Å². The maximum atomic E-state index is 14.0. The molecule has 1 aliphatic heterocycles. The average molecular weight is 623 g/mol. The van der Waals surface area contributed by atoms with E-state index in [1.54, 1.807) is 24.3 Å². The van der Waals surface area contributed by atoms with Crippen molar-refractivity contribution in [2.45, 2.75) is 68.4 Å². The molecule has 2 unspecified atom stereocenters. The molecule has 1 saturated heterocycles. The number of hydrogen-bond acceptors (Lipinski definition) is 3. The molecule has 2 fully saturated rings. The first-order chi connectivity index (χ1) is 20.8. The van der Waals surface area contributed by atoms with E-state index in [9.17, 15) is 35.5 Å². The largest absolute Gasteiger partial charge is 0.497 e. The molecule has 0 aromatic heterocycles. The molecule has 3 aromatic rings. The highest BCUT2D eigenvalue weighted by molar-refractivity contribution is 5.89. The maximum Gasteiger partial charge on any atom is 0.416 e. The normalized spacial score (nSPS) is 21.8. The second-order valence-electron chi connectivity index (χ2n) is 11.7. The van der Waals surface area contributed by atoms with Gasteiger partial charge >= 0.3 is 12.4 Å². The van der Waals surface area contributed by atoms with Gasteiger partial charge in [-0.05, 0) is 110 Å². The lowest BCUT2D eigenvalue weighted by molar-refractivity contribution is -0.143. The Morgan fingerprint density at radius 1 is 0.909 bits per heavy atom. The van der Waals surface area contributed by atoms with Gasteiger partial charge < -0.3 is 15.0 Å². The number of carbonyl (C=O) groups excluding carboxylic acids is 1. The zero-order chi connectivity index (χ0) is 31.7. The highest BCUT2D eigenvalue weighted by Gasteiger charge is 2.48. The fourth-order valence-electron chi connectivity index (χ4n) is 6.66. The number of rotatable bonds is 7. The van der Waals surface area contributed by atoms with E-state index in [2.05, 4.69) is 10.2 Å². The summed E-state index contributed by atoms with van der Waals surface area (Å²) in [6.07, 6.45) is -6.65. The van der Waals surface area contributed by atoms with Crippen molar-refractivity contribution in [1.29, 1.82) is 0 Å². The predicted molar refractivity (Wildman–Crippen MR) is 151 cm³/mol. The Morgan fingerprint density at radius 3 is 2.14 bits per heavy atom. The molecule has 0 radical (unpaired) electrons. The Hall–Kier alpha value is -3.60. The molecule has 236 valence electrons. The van der Waals surface area contributed by atoms with E-state index in [4.69, 9.17) is 4.74 Å². The third-order valence-electron chi connectivity index (χ3n) is 9.03. The van der Waals surface area contributed by atoms with Crippen molar-refractivity contribution in [2.24, 2.45) is 0 Å². The van der Waals surface area contributed by atoms with E-state index in [0.717, 1.165) is 31.5 Å². The summed E-state index contributed by atoms with van der Waals surface area (Å²) in [6.45, 7) is 1.07. The fraction of sp³-hybridized carbons (Fsp3) is 0.424. The molecule has 0 bridgehead atoms. The number of halogens is 7. The van der Waals surface area contributed by atoms with Gasteiger partial charge in [-0.1, -0.05) is 24.3 Å². The number of hydrogen-bond donors (Lipinski definition) is 1. The number of nitrogens with one attached hydrogen (secondary N) is 1. The molecular formula is C33H33F7N2O2. The van der Waals surface area contributed by atoms with Crippen molar-refractivity contribution in [3.8, 4) is 5.75 Å². The van der Waals surface area contributed by atoms with Gasteiger partial charge in [0.2, 0.25) is 5.91 Å². The van der Waals surface area contributed by atoms with Gasteiger partial charge in [-0.25, -0.2) is 4.39 Å². The minimum Gasteiger partial charge on any atom is -0.497 e. The van der Waals surface area contributed by atoms with Crippen molar-refractivity contribution in [3.05, 3.63) is 100 Å². The highest BCUT2D eigenvalue weighted by Crippen LogP contribution is 2.45. The Balaban J connectivity index is 1.35. The third-order valence-corrected chi connectivity index (χ3v) is 9.03. The zero-order valence-electron chi connectivity index (χ0n) is 24.1. The summed E-state index contributed by atoms with van der Waals surface area (Å²) in [7, 11) is 1.50. The molecule has 1 saturated carbocycles. The van der Waals surface area contributed by atoms with E-state index >= 15 is 0 Å². The summed E-state index contributed by atoms with van der Waals surface area (Å²) in [6, 6.07) is 15.0. The average Bonchev–Trinajstić information content (AvgIpc) is 3.46. The number of benzene rings is 3. The van der Waals surface area contributed by atoms with Crippen LogP contribution in [0.5, 0.6) is 5.75 Å². The highest BCUT2D eigenvalue weighted by atomic mass is 19.4. The number of methoxy groups -OCH3 is 1. The lowest BCUT2D eigenvalue weighted by Gasteiger charge is -2.37. The van der Waals surface area contributed by atoms with Crippen LogP contribution in [0.15, 0.2) is 66.7 Å². The van der Waals surface area contributed by atoms with Gasteiger partial charge in [-0.15, -0.1) is 0 Å². The maximum absolute atomic E-state index is 14.0. The van der Waals surface area contributed by atoms with E-state index in [-0.39, 0.29) is 23.5 Å². The zero-order valence-corrected chi connectivity index (χ0v) is 24.1. The molecule has 1 N–H and O–H groups in total. The van der Waals surface area contributed by atoms with Crippen LogP contribution >= 0.6 is 0 Å². The monoisotopic (exact) mass is 622 g/mol. The Morgan fingerprint density at radius 2 is 1.55 bits per heavy atom. The molecule has 3 aromatic carbocycles.